The second-order valence-corrected chi connectivity index (χ2v) is 6.18. The van der Waals surface area contributed by atoms with Crippen LogP contribution in [0.2, 0.25) is 0 Å². The van der Waals surface area contributed by atoms with Crippen molar-refractivity contribution in [3.63, 3.8) is 0 Å². The lowest BCUT2D eigenvalue weighted by molar-refractivity contribution is 0.408. The van der Waals surface area contributed by atoms with Gasteiger partial charge in [0, 0.05) is 43.2 Å². The largest absolute Gasteiger partial charge is 0.496 e. The number of benzene rings is 2. The van der Waals surface area contributed by atoms with E-state index >= 15 is 0 Å². The number of aryl methyl sites for hydroxylation is 2. The summed E-state index contributed by atoms with van der Waals surface area (Å²) in [6.07, 6.45) is 0. The fourth-order valence-electron chi connectivity index (χ4n) is 3.34. The van der Waals surface area contributed by atoms with Gasteiger partial charge in [-0.15, -0.1) is 0 Å². The molecular weight excluding hydrogens is 286 g/mol. The Labute approximate surface area is 138 Å². The fraction of sp³-hybridized carbons (Fsp3) is 0.368. The summed E-state index contributed by atoms with van der Waals surface area (Å²) in [6.45, 7) is 8.31. The van der Waals surface area contributed by atoms with Gasteiger partial charge in [-0.2, -0.15) is 0 Å². The Hall–Kier alpha value is -2.36. The number of piperazine rings is 1. The summed E-state index contributed by atoms with van der Waals surface area (Å²) >= 11 is 0. The minimum absolute atomic E-state index is 0.816. The first-order valence-electron chi connectivity index (χ1n) is 8.09. The van der Waals surface area contributed by atoms with Crippen molar-refractivity contribution in [2.24, 2.45) is 0 Å². The molecule has 1 aliphatic rings. The Balaban J connectivity index is 1.70. The van der Waals surface area contributed by atoms with Crippen molar-refractivity contribution in [2.45, 2.75) is 13.8 Å². The second-order valence-electron chi connectivity index (χ2n) is 6.18. The van der Waals surface area contributed by atoms with Gasteiger partial charge in [-0.3, -0.25) is 0 Å². The van der Waals surface area contributed by atoms with Gasteiger partial charge in [0.05, 0.1) is 7.11 Å². The van der Waals surface area contributed by atoms with Gasteiger partial charge in [0.15, 0.2) is 0 Å². The van der Waals surface area contributed by atoms with E-state index in [9.17, 15) is 0 Å². The Bertz CT molecular complexity index is 651. The van der Waals surface area contributed by atoms with Crippen molar-refractivity contribution in [1.82, 2.24) is 0 Å². The lowest BCUT2D eigenvalue weighted by atomic mass is 10.1. The van der Waals surface area contributed by atoms with Crippen molar-refractivity contribution in [3.05, 3.63) is 47.5 Å². The monoisotopic (exact) mass is 311 g/mol. The summed E-state index contributed by atoms with van der Waals surface area (Å²) < 4.78 is 5.47. The second kappa shape index (κ2) is 6.41. The number of ether oxygens (including phenoxy) is 1. The van der Waals surface area contributed by atoms with Crippen LogP contribution in [0.15, 0.2) is 36.4 Å². The predicted molar refractivity (Wildman–Crippen MR) is 97.7 cm³/mol. The lowest BCUT2D eigenvalue weighted by Crippen LogP contribution is -2.46. The van der Waals surface area contributed by atoms with Crippen molar-refractivity contribution in [1.29, 1.82) is 0 Å². The van der Waals surface area contributed by atoms with E-state index in [1.54, 1.807) is 7.11 Å². The molecule has 122 valence electrons. The molecule has 3 rings (SSSR count). The fourth-order valence-corrected chi connectivity index (χ4v) is 3.34. The van der Waals surface area contributed by atoms with Crippen LogP contribution in [0.4, 0.5) is 17.1 Å². The van der Waals surface area contributed by atoms with E-state index < -0.39 is 0 Å². The highest BCUT2D eigenvalue weighted by Gasteiger charge is 2.18. The summed E-state index contributed by atoms with van der Waals surface area (Å²) in [7, 11) is 1.74. The molecule has 0 aromatic heterocycles. The van der Waals surface area contributed by atoms with Crippen LogP contribution in [-0.4, -0.2) is 33.3 Å². The minimum atomic E-state index is 0.816. The van der Waals surface area contributed by atoms with E-state index in [-0.39, 0.29) is 0 Å². The molecule has 0 unspecified atom stereocenters. The summed E-state index contributed by atoms with van der Waals surface area (Å²) in [5.41, 5.74) is 11.5. The number of methoxy groups -OCH3 is 1. The number of anilines is 3. The van der Waals surface area contributed by atoms with E-state index in [0.717, 1.165) is 37.6 Å². The van der Waals surface area contributed by atoms with Gasteiger partial charge >= 0.3 is 0 Å². The molecule has 1 aliphatic heterocycles. The van der Waals surface area contributed by atoms with Crippen LogP contribution < -0.4 is 20.3 Å². The van der Waals surface area contributed by atoms with Crippen LogP contribution in [0.5, 0.6) is 5.75 Å². The van der Waals surface area contributed by atoms with Crippen LogP contribution in [0, 0.1) is 13.8 Å². The molecule has 0 spiro atoms. The first-order chi connectivity index (χ1) is 11.1. The number of nitrogens with two attached hydrogens (primary N) is 1. The highest BCUT2D eigenvalue weighted by molar-refractivity contribution is 5.59. The topological polar surface area (TPSA) is 41.7 Å². The Kier molecular flexibility index (Phi) is 4.33. The zero-order valence-corrected chi connectivity index (χ0v) is 14.2. The maximum Gasteiger partial charge on any atom is 0.124 e. The number of nitrogen functional groups attached to an aromatic ring is 1. The molecule has 0 amide bonds. The van der Waals surface area contributed by atoms with Gasteiger partial charge in [-0.25, -0.2) is 0 Å². The SMILES string of the molecule is COc1c(C)cc(N2CCN(c3ccc(N)cc3)CC2)cc1C. The maximum atomic E-state index is 5.77. The normalized spacial score (nSPS) is 14.9. The summed E-state index contributed by atoms with van der Waals surface area (Å²) in [5, 5.41) is 0. The van der Waals surface area contributed by atoms with Crippen LogP contribution in [-0.2, 0) is 0 Å². The number of hydrogen-bond acceptors (Lipinski definition) is 4. The average Bonchev–Trinajstić information content (AvgIpc) is 2.55. The first kappa shape index (κ1) is 15.5. The van der Waals surface area contributed by atoms with Crippen molar-refractivity contribution in [2.75, 3.05) is 48.8 Å². The van der Waals surface area contributed by atoms with Gasteiger partial charge in [0.25, 0.3) is 0 Å². The quantitative estimate of drug-likeness (QED) is 0.884. The van der Waals surface area contributed by atoms with Crippen LogP contribution in [0.3, 0.4) is 0 Å². The zero-order chi connectivity index (χ0) is 16.4. The summed E-state index contributed by atoms with van der Waals surface area (Å²) in [4.78, 5) is 4.87. The van der Waals surface area contributed by atoms with Crippen LogP contribution in [0.25, 0.3) is 0 Å². The molecule has 0 saturated carbocycles. The third-order valence-corrected chi connectivity index (χ3v) is 4.55. The molecule has 1 heterocycles. The molecule has 1 fully saturated rings. The smallest absolute Gasteiger partial charge is 0.124 e. The van der Waals surface area contributed by atoms with Gasteiger partial charge in [0.1, 0.15) is 5.75 Å². The Morgan fingerprint density at radius 2 is 1.30 bits per heavy atom. The van der Waals surface area contributed by atoms with Crippen LogP contribution >= 0.6 is 0 Å². The summed E-state index contributed by atoms with van der Waals surface area (Å²) in [6, 6.07) is 12.6. The Morgan fingerprint density at radius 3 is 1.78 bits per heavy atom. The van der Waals surface area contributed by atoms with Crippen molar-refractivity contribution >= 4 is 17.1 Å². The van der Waals surface area contributed by atoms with E-state index in [1.165, 1.54) is 22.5 Å². The molecule has 4 heteroatoms. The van der Waals surface area contributed by atoms with Crippen LogP contribution in [0.1, 0.15) is 11.1 Å². The lowest BCUT2D eigenvalue weighted by Gasteiger charge is -2.37. The molecule has 0 atom stereocenters. The number of hydrogen-bond donors (Lipinski definition) is 1. The minimum Gasteiger partial charge on any atom is -0.496 e. The van der Waals surface area contributed by atoms with E-state index in [2.05, 4.69) is 47.9 Å². The van der Waals surface area contributed by atoms with Gasteiger partial charge in [0.2, 0.25) is 0 Å². The molecule has 23 heavy (non-hydrogen) atoms. The maximum absolute atomic E-state index is 5.77. The predicted octanol–water partition coefficient (Wildman–Crippen LogP) is 3.22. The zero-order valence-electron chi connectivity index (χ0n) is 14.2. The number of rotatable bonds is 3. The molecule has 4 nitrogen and oxygen atoms in total. The Morgan fingerprint density at radius 1 is 0.826 bits per heavy atom. The van der Waals surface area contributed by atoms with Gasteiger partial charge in [-0.05, 0) is 61.4 Å². The molecular formula is C19H25N3O. The van der Waals surface area contributed by atoms with E-state index in [4.69, 9.17) is 10.5 Å². The molecule has 0 bridgehead atoms. The summed E-state index contributed by atoms with van der Waals surface area (Å²) in [5.74, 6) is 0.995. The van der Waals surface area contributed by atoms with E-state index in [1.807, 2.05) is 12.1 Å². The average molecular weight is 311 g/mol. The van der Waals surface area contributed by atoms with Gasteiger partial charge in [-0.1, -0.05) is 0 Å². The third-order valence-electron chi connectivity index (χ3n) is 4.55. The molecule has 2 aromatic rings. The van der Waals surface area contributed by atoms with Crippen molar-refractivity contribution < 1.29 is 4.74 Å². The highest BCUT2D eigenvalue weighted by Crippen LogP contribution is 2.29. The highest BCUT2D eigenvalue weighted by atomic mass is 16.5. The van der Waals surface area contributed by atoms with E-state index in [0.29, 0.717) is 0 Å². The first-order valence-corrected chi connectivity index (χ1v) is 8.09. The molecule has 0 radical (unpaired) electrons. The standard InChI is InChI=1S/C19H25N3O/c1-14-12-18(13-15(2)19(14)23-3)22-10-8-21(9-11-22)17-6-4-16(20)5-7-17/h4-7,12-13H,8-11,20H2,1-3H3. The molecule has 1 saturated heterocycles. The molecule has 2 N–H and O–H groups in total. The number of nitrogens with zero attached hydrogens (tertiary/aromatic N) is 2. The van der Waals surface area contributed by atoms with Crippen molar-refractivity contribution in [3.8, 4) is 5.75 Å². The van der Waals surface area contributed by atoms with Gasteiger partial charge < -0.3 is 20.3 Å². The molecule has 0 aliphatic carbocycles. The molecule has 2 aromatic carbocycles. The third kappa shape index (κ3) is 3.21.